The van der Waals surface area contributed by atoms with Crippen LogP contribution in [0.5, 0.6) is 0 Å². The van der Waals surface area contributed by atoms with Crippen LogP contribution in [-0.2, 0) is 4.74 Å². The van der Waals surface area contributed by atoms with Gasteiger partial charge in [0.1, 0.15) is 10.6 Å². The first-order chi connectivity index (χ1) is 10.8. The van der Waals surface area contributed by atoms with Gasteiger partial charge >= 0.3 is 6.09 Å². The molecule has 2 rings (SSSR count). The highest BCUT2D eigenvalue weighted by Gasteiger charge is 2.29. The van der Waals surface area contributed by atoms with Gasteiger partial charge in [-0.05, 0) is 53.5 Å². The van der Waals surface area contributed by atoms with Crippen molar-refractivity contribution in [3.05, 3.63) is 16.6 Å². The summed E-state index contributed by atoms with van der Waals surface area (Å²) in [6, 6.07) is 0.312. The summed E-state index contributed by atoms with van der Waals surface area (Å²) in [7, 11) is 2.14. The van der Waals surface area contributed by atoms with Crippen LogP contribution in [-0.4, -0.2) is 53.2 Å². The second kappa shape index (κ2) is 7.62. The Balaban J connectivity index is 1.87. The molecule has 1 fully saturated rings. The van der Waals surface area contributed by atoms with Crippen LogP contribution < -0.4 is 0 Å². The van der Waals surface area contributed by atoms with Gasteiger partial charge in [-0.1, -0.05) is 0 Å². The maximum atomic E-state index is 12.2. The van der Waals surface area contributed by atoms with E-state index in [0.717, 1.165) is 37.5 Å². The Labute approximate surface area is 143 Å². The fraction of sp³-hybridized carbons (Fsp3) is 0.765. The number of ether oxygens (including phenoxy) is 1. The van der Waals surface area contributed by atoms with Crippen LogP contribution in [0.2, 0.25) is 0 Å². The Hall–Kier alpha value is -1.14. The van der Waals surface area contributed by atoms with Gasteiger partial charge in [-0.3, -0.25) is 4.90 Å². The van der Waals surface area contributed by atoms with Gasteiger partial charge in [0.2, 0.25) is 0 Å². The molecule has 0 unspecified atom stereocenters. The van der Waals surface area contributed by atoms with Crippen molar-refractivity contribution in [2.24, 2.45) is 5.92 Å². The summed E-state index contributed by atoms with van der Waals surface area (Å²) in [4.78, 5) is 20.9. The predicted octanol–water partition coefficient (Wildman–Crippen LogP) is 3.78. The lowest BCUT2D eigenvalue weighted by molar-refractivity contribution is 0.0142. The average molecular weight is 340 g/mol. The summed E-state index contributed by atoms with van der Waals surface area (Å²) in [6.45, 7) is 10.5. The maximum absolute atomic E-state index is 12.2. The summed E-state index contributed by atoms with van der Waals surface area (Å²) in [5, 5.41) is 3.16. The Morgan fingerprint density at radius 2 is 2.30 bits per heavy atom. The molecule has 1 aliphatic rings. The summed E-state index contributed by atoms with van der Waals surface area (Å²) < 4.78 is 5.50. The van der Waals surface area contributed by atoms with Crippen molar-refractivity contribution in [2.45, 2.75) is 52.2 Å². The first kappa shape index (κ1) is 18.2. The van der Waals surface area contributed by atoms with Gasteiger partial charge in [0.25, 0.3) is 0 Å². The van der Waals surface area contributed by atoms with E-state index < -0.39 is 5.60 Å². The maximum Gasteiger partial charge on any atom is 0.410 e. The first-order valence-electron chi connectivity index (χ1n) is 8.34. The molecule has 1 saturated heterocycles. The Kier molecular flexibility index (Phi) is 6.03. The zero-order valence-electron chi connectivity index (χ0n) is 14.9. The highest BCUT2D eigenvalue weighted by Crippen LogP contribution is 2.25. The molecule has 1 aliphatic heterocycles. The lowest BCUT2D eigenvalue weighted by Gasteiger charge is -2.36. The van der Waals surface area contributed by atoms with Crippen molar-refractivity contribution in [3.63, 3.8) is 0 Å². The number of nitrogens with zero attached hydrogens (tertiary/aromatic N) is 3. The van der Waals surface area contributed by atoms with E-state index in [1.165, 1.54) is 0 Å². The van der Waals surface area contributed by atoms with E-state index in [0.29, 0.717) is 12.0 Å². The number of carbonyl (C=O) groups excluding carboxylic acids is 1. The van der Waals surface area contributed by atoms with E-state index in [1.54, 1.807) is 11.3 Å². The molecule has 5 nitrogen and oxygen atoms in total. The van der Waals surface area contributed by atoms with Gasteiger partial charge in [-0.2, -0.15) is 0 Å². The largest absolute Gasteiger partial charge is 0.444 e. The molecule has 0 spiro atoms. The third kappa shape index (κ3) is 5.46. The van der Waals surface area contributed by atoms with Gasteiger partial charge in [-0.25, -0.2) is 9.78 Å². The van der Waals surface area contributed by atoms with Gasteiger partial charge < -0.3 is 9.64 Å². The van der Waals surface area contributed by atoms with Crippen molar-refractivity contribution >= 4 is 17.4 Å². The number of piperidine rings is 1. The topological polar surface area (TPSA) is 45.7 Å². The van der Waals surface area contributed by atoms with E-state index in [1.807, 2.05) is 37.2 Å². The second-order valence-corrected chi connectivity index (χ2v) is 8.35. The Morgan fingerprint density at radius 1 is 1.57 bits per heavy atom. The van der Waals surface area contributed by atoms with Gasteiger partial charge in [0, 0.05) is 31.2 Å². The zero-order chi connectivity index (χ0) is 17.0. The van der Waals surface area contributed by atoms with Gasteiger partial charge in [0.15, 0.2) is 0 Å². The molecule has 1 amide bonds. The van der Waals surface area contributed by atoms with E-state index in [2.05, 4.69) is 23.9 Å². The van der Waals surface area contributed by atoms with Gasteiger partial charge in [-0.15, -0.1) is 11.3 Å². The van der Waals surface area contributed by atoms with Crippen LogP contribution in [0.1, 0.15) is 51.6 Å². The molecule has 0 saturated carbocycles. The standard InChI is InChI=1S/C17H29N3O2S/c1-13(15-18-8-10-23-15)19(5)11-14-7-6-9-20(12-14)16(21)22-17(2,3)4/h8,10,13-14H,6-7,9,11-12H2,1-5H3/t13-,14-/m0/s1. The quantitative estimate of drug-likeness (QED) is 0.837. The molecule has 23 heavy (non-hydrogen) atoms. The third-order valence-electron chi connectivity index (χ3n) is 4.19. The summed E-state index contributed by atoms with van der Waals surface area (Å²) in [5.74, 6) is 0.490. The number of rotatable bonds is 4. The van der Waals surface area contributed by atoms with Gasteiger partial charge in [0.05, 0.1) is 6.04 Å². The van der Waals surface area contributed by atoms with Crippen LogP contribution in [0.3, 0.4) is 0 Å². The van der Waals surface area contributed by atoms with Crippen LogP contribution in [0.25, 0.3) is 0 Å². The lowest BCUT2D eigenvalue weighted by Crippen LogP contribution is -2.45. The molecule has 1 aromatic heterocycles. The summed E-state index contributed by atoms with van der Waals surface area (Å²) in [6.07, 6.45) is 3.88. The SMILES string of the molecule is C[C@@H](c1nccs1)N(C)C[C@@H]1CCCN(C(=O)OC(C)(C)C)C1. The van der Waals surface area contributed by atoms with Crippen LogP contribution >= 0.6 is 11.3 Å². The highest BCUT2D eigenvalue weighted by atomic mass is 32.1. The number of carbonyl (C=O) groups is 1. The minimum atomic E-state index is -0.430. The molecule has 0 aromatic carbocycles. The molecule has 0 radical (unpaired) electrons. The third-order valence-corrected chi connectivity index (χ3v) is 5.13. The molecule has 0 aliphatic carbocycles. The summed E-state index contributed by atoms with van der Waals surface area (Å²) in [5.41, 5.74) is -0.430. The molecule has 6 heteroatoms. The number of hydrogen-bond acceptors (Lipinski definition) is 5. The second-order valence-electron chi connectivity index (χ2n) is 7.42. The molecule has 130 valence electrons. The molecular weight excluding hydrogens is 310 g/mol. The fourth-order valence-electron chi connectivity index (χ4n) is 2.90. The minimum absolute atomic E-state index is 0.183. The van der Waals surface area contributed by atoms with Crippen molar-refractivity contribution in [1.29, 1.82) is 0 Å². The fourth-order valence-corrected chi connectivity index (χ4v) is 3.66. The normalized spacial score (nSPS) is 20.6. The number of hydrogen-bond donors (Lipinski definition) is 0. The Bertz CT molecular complexity index is 498. The zero-order valence-corrected chi connectivity index (χ0v) is 15.7. The highest BCUT2D eigenvalue weighted by molar-refractivity contribution is 7.09. The monoisotopic (exact) mass is 339 g/mol. The average Bonchev–Trinajstić information content (AvgIpc) is 2.99. The van der Waals surface area contributed by atoms with Crippen LogP contribution in [0, 0.1) is 5.92 Å². The van der Waals surface area contributed by atoms with E-state index in [4.69, 9.17) is 4.74 Å². The summed E-state index contributed by atoms with van der Waals surface area (Å²) >= 11 is 1.70. The van der Waals surface area contributed by atoms with Crippen LogP contribution in [0.4, 0.5) is 4.79 Å². The Morgan fingerprint density at radius 3 is 2.91 bits per heavy atom. The van der Waals surface area contributed by atoms with E-state index >= 15 is 0 Å². The molecular formula is C17H29N3O2S. The van der Waals surface area contributed by atoms with Crippen LogP contribution in [0.15, 0.2) is 11.6 Å². The van der Waals surface area contributed by atoms with Crippen molar-refractivity contribution < 1.29 is 9.53 Å². The molecule has 0 N–H and O–H groups in total. The number of amides is 1. The smallest absolute Gasteiger partial charge is 0.410 e. The molecule has 1 aromatic rings. The number of thiazole rings is 1. The number of likely N-dealkylation sites (tertiary alicyclic amines) is 1. The molecule has 0 bridgehead atoms. The van der Waals surface area contributed by atoms with Crippen molar-refractivity contribution in [3.8, 4) is 0 Å². The van der Waals surface area contributed by atoms with E-state index in [-0.39, 0.29) is 6.09 Å². The van der Waals surface area contributed by atoms with Crippen molar-refractivity contribution in [1.82, 2.24) is 14.8 Å². The first-order valence-corrected chi connectivity index (χ1v) is 9.22. The molecule has 2 heterocycles. The van der Waals surface area contributed by atoms with Crippen molar-refractivity contribution in [2.75, 3.05) is 26.7 Å². The number of aromatic nitrogens is 1. The lowest BCUT2D eigenvalue weighted by atomic mass is 9.97. The molecule has 2 atom stereocenters. The van der Waals surface area contributed by atoms with E-state index in [9.17, 15) is 4.79 Å². The minimum Gasteiger partial charge on any atom is -0.444 e. The predicted molar refractivity (Wildman–Crippen MR) is 93.7 cm³/mol.